The highest BCUT2D eigenvalue weighted by Gasteiger charge is 2.44. The molecule has 0 N–H and O–H groups in total. The molecule has 1 aromatic rings. The Kier molecular flexibility index (Phi) is 5.71. The minimum Gasteiger partial charge on any atom is -0.244 e. The zero-order valence-corrected chi connectivity index (χ0v) is 14.3. The van der Waals surface area contributed by atoms with Crippen molar-refractivity contribution in [1.29, 1.82) is 0 Å². The monoisotopic (exact) mass is 320 g/mol. The van der Waals surface area contributed by atoms with Crippen LogP contribution in [0, 0.1) is 17.8 Å². The highest BCUT2D eigenvalue weighted by molar-refractivity contribution is 5.22. The number of halogens is 2. The standard InChI is InChI=1S/C21H30F2/c1-2-6-15-9-11-17(12-10-15)19-14-13-18(20(22)21(19)23)16-7-4-3-5-8-16/h3-5,7-8,15,17-21H,2,6,9-14H2,1H3. The first-order valence-corrected chi connectivity index (χ1v) is 9.53. The molecule has 4 atom stereocenters. The first kappa shape index (κ1) is 16.9. The number of hydrogen-bond donors (Lipinski definition) is 0. The van der Waals surface area contributed by atoms with E-state index in [1.165, 1.54) is 25.7 Å². The topological polar surface area (TPSA) is 0 Å². The summed E-state index contributed by atoms with van der Waals surface area (Å²) in [6, 6.07) is 9.68. The summed E-state index contributed by atoms with van der Waals surface area (Å²) >= 11 is 0. The third-order valence-corrected chi connectivity index (χ3v) is 6.33. The second-order valence-corrected chi connectivity index (χ2v) is 7.72. The van der Waals surface area contributed by atoms with Crippen LogP contribution in [0.2, 0.25) is 0 Å². The van der Waals surface area contributed by atoms with Gasteiger partial charge in [-0.2, -0.15) is 0 Å². The van der Waals surface area contributed by atoms with Crippen LogP contribution in [0.5, 0.6) is 0 Å². The lowest BCUT2D eigenvalue weighted by atomic mass is 9.66. The van der Waals surface area contributed by atoms with Crippen LogP contribution in [0.25, 0.3) is 0 Å². The molecule has 0 aliphatic heterocycles. The van der Waals surface area contributed by atoms with Crippen LogP contribution in [-0.4, -0.2) is 12.3 Å². The molecule has 2 saturated carbocycles. The van der Waals surface area contributed by atoms with E-state index in [0.29, 0.717) is 5.92 Å². The molecule has 2 aliphatic carbocycles. The Morgan fingerprint density at radius 2 is 1.57 bits per heavy atom. The van der Waals surface area contributed by atoms with Gasteiger partial charge >= 0.3 is 0 Å². The summed E-state index contributed by atoms with van der Waals surface area (Å²) in [6.07, 6.45) is 6.26. The van der Waals surface area contributed by atoms with Crippen molar-refractivity contribution in [2.75, 3.05) is 0 Å². The second kappa shape index (κ2) is 7.77. The lowest BCUT2D eigenvalue weighted by molar-refractivity contribution is 0.00849. The van der Waals surface area contributed by atoms with Crippen LogP contribution in [0.4, 0.5) is 8.78 Å². The van der Waals surface area contributed by atoms with Gasteiger partial charge in [0.1, 0.15) is 12.3 Å². The summed E-state index contributed by atoms with van der Waals surface area (Å²) in [4.78, 5) is 0. The van der Waals surface area contributed by atoms with Crippen molar-refractivity contribution >= 4 is 0 Å². The molecule has 0 aromatic heterocycles. The normalized spacial score (nSPS) is 38.4. The SMILES string of the molecule is CCCC1CCC(C2CCC(c3ccccc3)C(F)C2F)CC1. The van der Waals surface area contributed by atoms with Crippen LogP contribution in [-0.2, 0) is 0 Å². The minimum absolute atomic E-state index is 0.0486. The van der Waals surface area contributed by atoms with Crippen LogP contribution in [0.15, 0.2) is 30.3 Å². The molecule has 0 spiro atoms. The molecule has 3 rings (SSSR count). The second-order valence-electron chi connectivity index (χ2n) is 7.72. The zero-order valence-electron chi connectivity index (χ0n) is 14.3. The molecule has 23 heavy (non-hydrogen) atoms. The van der Waals surface area contributed by atoms with Crippen molar-refractivity contribution in [2.24, 2.45) is 17.8 Å². The van der Waals surface area contributed by atoms with Crippen LogP contribution in [0.3, 0.4) is 0 Å². The van der Waals surface area contributed by atoms with Gasteiger partial charge in [-0.15, -0.1) is 0 Å². The number of alkyl halides is 2. The molecular formula is C21H30F2. The Bertz CT molecular complexity index is 464. The van der Waals surface area contributed by atoms with Gasteiger partial charge in [-0.3, -0.25) is 0 Å². The third kappa shape index (κ3) is 3.78. The molecule has 0 radical (unpaired) electrons. The van der Waals surface area contributed by atoms with Crippen LogP contribution >= 0.6 is 0 Å². The van der Waals surface area contributed by atoms with E-state index in [2.05, 4.69) is 6.92 Å². The Hall–Kier alpha value is -0.920. The van der Waals surface area contributed by atoms with E-state index in [1.807, 2.05) is 30.3 Å². The van der Waals surface area contributed by atoms with Crippen LogP contribution in [0.1, 0.15) is 69.8 Å². The molecule has 2 aliphatic rings. The summed E-state index contributed by atoms with van der Waals surface area (Å²) in [7, 11) is 0. The van der Waals surface area contributed by atoms with Crippen molar-refractivity contribution in [3.05, 3.63) is 35.9 Å². The summed E-state index contributed by atoms with van der Waals surface area (Å²) in [5, 5.41) is 0. The molecular weight excluding hydrogens is 290 g/mol. The summed E-state index contributed by atoms with van der Waals surface area (Å²) < 4.78 is 29.6. The predicted octanol–water partition coefficient (Wildman–Crippen LogP) is 6.46. The maximum atomic E-state index is 14.8. The number of hydrogen-bond acceptors (Lipinski definition) is 0. The van der Waals surface area contributed by atoms with Crippen molar-refractivity contribution in [2.45, 2.75) is 76.6 Å². The first-order chi connectivity index (χ1) is 11.2. The van der Waals surface area contributed by atoms with Gasteiger partial charge in [-0.05, 0) is 49.0 Å². The Balaban J connectivity index is 1.60. The lowest BCUT2D eigenvalue weighted by Crippen LogP contribution is -2.41. The van der Waals surface area contributed by atoms with E-state index in [0.717, 1.165) is 37.2 Å². The van der Waals surface area contributed by atoms with Gasteiger partial charge in [-0.1, -0.05) is 62.9 Å². The van der Waals surface area contributed by atoms with Crippen molar-refractivity contribution in [3.63, 3.8) is 0 Å². The van der Waals surface area contributed by atoms with Gasteiger partial charge in [0.05, 0.1) is 0 Å². The maximum absolute atomic E-state index is 14.8. The highest BCUT2D eigenvalue weighted by atomic mass is 19.2. The molecule has 4 unspecified atom stereocenters. The van der Waals surface area contributed by atoms with E-state index >= 15 is 0 Å². The molecule has 2 fully saturated rings. The fourth-order valence-corrected chi connectivity index (χ4v) is 5.01. The fourth-order valence-electron chi connectivity index (χ4n) is 5.01. The summed E-state index contributed by atoms with van der Waals surface area (Å²) in [6.45, 7) is 2.24. The molecule has 0 bridgehead atoms. The van der Waals surface area contributed by atoms with E-state index < -0.39 is 12.3 Å². The predicted molar refractivity (Wildman–Crippen MR) is 92.1 cm³/mol. The van der Waals surface area contributed by atoms with Gasteiger partial charge in [0.25, 0.3) is 0 Å². The Morgan fingerprint density at radius 3 is 2.22 bits per heavy atom. The van der Waals surface area contributed by atoms with E-state index in [4.69, 9.17) is 0 Å². The van der Waals surface area contributed by atoms with Crippen molar-refractivity contribution < 1.29 is 8.78 Å². The number of rotatable bonds is 4. The molecule has 128 valence electrons. The molecule has 2 heteroatoms. The average Bonchev–Trinajstić information content (AvgIpc) is 2.59. The Labute approximate surface area is 139 Å². The largest absolute Gasteiger partial charge is 0.244 e. The van der Waals surface area contributed by atoms with Gasteiger partial charge in [0, 0.05) is 5.92 Å². The van der Waals surface area contributed by atoms with Crippen molar-refractivity contribution in [3.8, 4) is 0 Å². The van der Waals surface area contributed by atoms with Gasteiger partial charge in [0.15, 0.2) is 0 Å². The fraction of sp³-hybridized carbons (Fsp3) is 0.714. The van der Waals surface area contributed by atoms with E-state index in [9.17, 15) is 8.78 Å². The quantitative estimate of drug-likeness (QED) is 0.597. The number of benzene rings is 1. The molecule has 0 saturated heterocycles. The molecule has 1 aromatic carbocycles. The summed E-state index contributed by atoms with van der Waals surface area (Å²) in [5.41, 5.74) is 0.966. The average molecular weight is 320 g/mol. The maximum Gasteiger partial charge on any atom is 0.138 e. The highest BCUT2D eigenvalue weighted by Crippen LogP contribution is 2.46. The Morgan fingerprint density at radius 1 is 0.870 bits per heavy atom. The van der Waals surface area contributed by atoms with E-state index in [-0.39, 0.29) is 11.8 Å². The molecule has 0 amide bonds. The molecule has 0 nitrogen and oxygen atoms in total. The van der Waals surface area contributed by atoms with Gasteiger partial charge < -0.3 is 0 Å². The van der Waals surface area contributed by atoms with Crippen molar-refractivity contribution in [1.82, 2.24) is 0 Å². The van der Waals surface area contributed by atoms with E-state index in [1.54, 1.807) is 0 Å². The minimum atomic E-state index is -1.33. The smallest absolute Gasteiger partial charge is 0.138 e. The lowest BCUT2D eigenvalue weighted by Gasteiger charge is -2.41. The van der Waals surface area contributed by atoms with Gasteiger partial charge in [-0.25, -0.2) is 8.78 Å². The van der Waals surface area contributed by atoms with Crippen LogP contribution < -0.4 is 0 Å². The molecule has 0 heterocycles. The summed E-state index contributed by atoms with van der Waals surface area (Å²) in [5.74, 6) is 0.940. The van der Waals surface area contributed by atoms with Gasteiger partial charge in [0.2, 0.25) is 0 Å². The first-order valence-electron chi connectivity index (χ1n) is 9.53. The third-order valence-electron chi connectivity index (χ3n) is 6.33. The zero-order chi connectivity index (χ0) is 16.2.